The number of carbonyl (C=O) groups is 1. The van der Waals surface area contributed by atoms with Crippen LogP contribution in [0.5, 0.6) is 0 Å². The normalized spacial score (nSPS) is 9.11. The fraction of sp³-hybridized carbons (Fsp3) is 0.933. The van der Waals surface area contributed by atoms with Crippen molar-refractivity contribution in [2.75, 3.05) is 27.3 Å². The summed E-state index contributed by atoms with van der Waals surface area (Å²) in [6, 6.07) is 0. The molecule has 19 heavy (non-hydrogen) atoms. The fourth-order valence-corrected chi connectivity index (χ4v) is 0.834. The maximum Gasteiger partial charge on any atom is 0.221 e. The molecule has 0 spiro atoms. The summed E-state index contributed by atoms with van der Waals surface area (Å²) >= 11 is 0. The zero-order valence-corrected chi connectivity index (χ0v) is 14.3. The molecule has 0 atom stereocenters. The van der Waals surface area contributed by atoms with Gasteiger partial charge in [-0.05, 0) is 20.8 Å². The SMILES string of the molecule is CCC(=O)N(C)C.CCCC.CCOC(C)OCC. The van der Waals surface area contributed by atoms with Crippen molar-refractivity contribution < 1.29 is 14.3 Å². The molecule has 0 aliphatic heterocycles. The molecule has 0 N–H and O–H groups in total. The first kappa shape index (κ1) is 23.5. The van der Waals surface area contributed by atoms with Crippen LogP contribution < -0.4 is 0 Å². The number of ether oxygens (including phenoxy) is 2. The van der Waals surface area contributed by atoms with Crippen molar-refractivity contribution in [1.29, 1.82) is 0 Å². The summed E-state index contributed by atoms with van der Waals surface area (Å²) in [7, 11) is 3.51. The molecule has 0 radical (unpaired) electrons. The first-order valence-corrected chi connectivity index (χ1v) is 7.34. The summed E-state index contributed by atoms with van der Waals surface area (Å²) in [6.45, 7) is 13.5. The summed E-state index contributed by atoms with van der Waals surface area (Å²) in [5, 5.41) is 0. The van der Waals surface area contributed by atoms with E-state index in [2.05, 4.69) is 13.8 Å². The van der Waals surface area contributed by atoms with Gasteiger partial charge in [0.25, 0.3) is 0 Å². The molecular weight excluding hydrogens is 242 g/mol. The highest BCUT2D eigenvalue weighted by atomic mass is 16.7. The third-order valence-electron chi connectivity index (χ3n) is 2.10. The Bertz CT molecular complexity index is 165. The number of carbonyl (C=O) groups excluding carboxylic acids is 1. The van der Waals surface area contributed by atoms with Crippen LogP contribution in [0.25, 0.3) is 0 Å². The molecule has 0 saturated carbocycles. The molecule has 0 fully saturated rings. The molecule has 1 amide bonds. The second kappa shape index (κ2) is 19.7. The number of unbranched alkanes of at least 4 members (excludes halogenated alkanes) is 1. The van der Waals surface area contributed by atoms with E-state index in [9.17, 15) is 4.79 Å². The number of amides is 1. The lowest BCUT2D eigenvalue weighted by Gasteiger charge is -2.09. The molecule has 4 heteroatoms. The standard InChI is InChI=1S/C6H14O2.C5H11NO.C4H10/c1-4-7-6(3)8-5-2;1-4-5(7)6(2)3;1-3-4-2/h6H,4-5H2,1-3H3;4H2,1-3H3;3-4H2,1-2H3. The van der Waals surface area contributed by atoms with Gasteiger partial charge in [0.15, 0.2) is 6.29 Å². The average molecular weight is 277 g/mol. The number of rotatable bonds is 6. The van der Waals surface area contributed by atoms with Crippen LogP contribution in [0.15, 0.2) is 0 Å². The molecule has 0 unspecified atom stereocenters. The maximum absolute atomic E-state index is 10.4. The van der Waals surface area contributed by atoms with Gasteiger partial charge < -0.3 is 14.4 Å². The van der Waals surface area contributed by atoms with Crippen molar-refractivity contribution in [3.8, 4) is 0 Å². The molecule has 0 heterocycles. The van der Waals surface area contributed by atoms with Crippen LogP contribution in [-0.4, -0.2) is 44.4 Å². The summed E-state index contributed by atoms with van der Waals surface area (Å²) < 4.78 is 10.1. The topological polar surface area (TPSA) is 38.8 Å². The van der Waals surface area contributed by atoms with Gasteiger partial charge in [-0.25, -0.2) is 0 Å². The van der Waals surface area contributed by atoms with Crippen molar-refractivity contribution >= 4 is 5.91 Å². The Morgan fingerprint density at radius 2 is 1.32 bits per heavy atom. The highest BCUT2D eigenvalue weighted by Gasteiger charge is 1.95. The van der Waals surface area contributed by atoms with E-state index in [0.717, 1.165) is 13.2 Å². The van der Waals surface area contributed by atoms with E-state index in [1.54, 1.807) is 19.0 Å². The predicted octanol–water partition coefficient (Wildman–Crippen LogP) is 3.70. The summed E-state index contributed by atoms with van der Waals surface area (Å²) in [4.78, 5) is 12.0. The smallest absolute Gasteiger partial charge is 0.221 e. The summed E-state index contributed by atoms with van der Waals surface area (Å²) in [5.41, 5.74) is 0. The van der Waals surface area contributed by atoms with E-state index in [0.29, 0.717) is 6.42 Å². The number of hydrogen-bond acceptors (Lipinski definition) is 3. The van der Waals surface area contributed by atoms with Gasteiger partial charge in [-0.1, -0.05) is 33.6 Å². The van der Waals surface area contributed by atoms with E-state index in [-0.39, 0.29) is 12.2 Å². The molecule has 0 rings (SSSR count). The van der Waals surface area contributed by atoms with E-state index in [4.69, 9.17) is 9.47 Å². The number of nitrogens with zero attached hydrogens (tertiary/aromatic N) is 1. The molecule has 0 aromatic rings. The third-order valence-corrected chi connectivity index (χ3v) is 2.10. The molecule has 0 bridgehead atoms. The minimum atomic E-state index is -0.0370. The van der Waals surface area contributed by atoms with Crippen LogP contribution in [0.1, 0.15) is 60.8 Å². The summed E-state index contributed by atoms with van der Waals surface area (Å²) in [6.07, 6.45) is 3.21. The van der Waals surface area contributed by atoms with Gasteiger partial charge in [0.1, 0.15) is 0 Å². The predicted molar refractivity (Wildman–Crippen MR) is 82.3 cm³/mol. The third kappa shape index (κ3) is 26.8. The van der Waals surface area contributed by atoms with Crippen LogP contribution in [-0.2, 0) is 14.3 Å². The molecule has 0 aromatic heterocycles. The van der Waals surface area contributed by atoms with Crippen molar-refractivity contribution in [2.45, 2.75) is 67.1 Å². The van der Waals surface area contributed by atoms with E-state index >= 15 is 0 Å². The van der Waals surface area contributed by atoms with Gasteiger partial charge in [0, 0.05) is 33.7 Å². The Morgan fingerprint density at radius 1 is 0.947 bits per heavy atom. The van der Waals surface area contributed by atoms with Gasteiger partial charge in [-0.15, -0.1) is 0 Å². The first-order chi connectivity index (χ1) is 8.90. The van der Waals surface area contributed by atoms with Gasteiger partial charge in [-0.3, -0.25) is 4.79 Å². The summed E-state index contributed by atoms with van der Waals surface area (Å²) in [5.74, 6) is 0.181. The highest BCUT2D eigenvalue weighted by molar-refractivity contribution is 5.75. The molecule has 0 saturated heterocycles. The van der Waals surface area contributed by atoms with Crippen LogP contribution >= 0.6 is 0 Å². The van der Waals surface area contributed by atoms with Gasteiger partial charge in [-0.2, -0.15) is 0 Å². The van der Waals surface area contributed by atoms with Gasteiger partial charge in [0.2, 0.25) is 5.91 Å². The molecule has 0 aliphatic rings. The first-order valence-electron chi connectivity index (χ1n) is 7.34. The second-order valence-electron chi connectivity index (χ2n) is 4.12. The Balaban J connectivity index is -0.000000214. The maximum atomic E-state index is 10.4. The van der Waals surface area contributed by atoms with Gasteiger partial charge >= 0.3 is 0 Å². The Hall–Kier alpha value is -0.610. The van der Waals surface area contributed by atoms with E-state index < -0.39 is 0 Å². The molecule has 118 valence electrons. The quantitative estimate of drug-likeness (QED) is 0.695. The van der Waals surface area contributed by atoms with E-state index in [1.807, 2.05) is 27.7 Å². The van der Waals surface area contributed by atoms with Crippen molar-refractivity contribution in [2.24, 2.45) is 0 Å². The molecule has 4 nitrogen and oxygen atoms in total. The molecule has 0 aliphatic carbocycles. The molecule has 0 aromatic carbocycles. The van der Waals surface area contributed by atoms with Crippen molar-refractivity contribution in [1.82, 2.24) is 4.90 Å². The lowest BCUT2D eigenvalue weighted by molar-refractivity contribution is -0.128. The van der Waals surface area contributed by atoms with Crippen LogP contribution in [0.3, 0.4) is 0 Å². The zero-order chi connectivity index (χ0) is 15.7. The van der Waals surface area contributed by atoms with E-state index in [1.165, 1.54) is 12.8 Å². The fourth-order valence-electron chi connectivity index (χ4n) is 0.834. The minimum Gasteiger partial charge on any atom is -0.353 e. The van der Waals surface area contributed by atoms with Crippen molar-refractivity contribution in [3.05, 3.63) is 0 Å². The van der Waals surface area contributed by atoms with Gasteiger partial charge in [0.05, 0.1) is 0 Å². The Kier molecular flexibility index (Phi) is 24.4. The van der Waals surface area contributed by atoms with Crippen LogP contribution in [0.4, 0.5) is 0 Å². The zero-order valence-electron chi connectivity index (χ0n) is 14.3. The Morgan fingerprint density at radius 3 is 1.42 bits per heavy atom. The molecular formula is C15H35NO3. The second-order valence-corrected chi connectivity index (χ2v) is 4.12. The lowest BCUT2D eigenvalue weighted by Crippen LogP contribution is -2.19. The monoisotopic (exact) mass is 277 g/mol. The Labute approximate surface area is 120 Å². The van der Waals surface area contributed by atoms with Crippen LogP contribution in [0.2, 0.25) is 0 Å². The largest absolute Gasteiger partial charge is 0.353 e. The minimum absolute atomic E-state index is 0.0370. The number of hydrogen-bond donors (Lipinski definition) is 0. The van der Waals surface area contributed by atoms with Crippen molar-refractivity contribution in [3.63, 3.8) is 0 Å². The lowest BCUT2D eigenvalue weighted by atomic mass is 10.4. The average Bonchev–Trinajstić information content (AvgIpc) is 2.39. The van der Waals surface area contributed by atoms with Crippen LogP contribution in [0, 0.1) is 0 Å². The highest BCUT2D eigenvalue weighted by Crippen LogP contribution is 1.90.